The summed E-state index contributed by atoms with van der Waals surface area (Å²) >= 11 is 0. The molecule has 1 saturated heterocycles. The van der Waals surface area contributed by atoms with Gasteiger partial charge in [-0.25, -0.2) is 4.98 Å². The van der Waals surface area contributed by atoms with E-state index in [1.165, 1.54) is 32.4 Å². The molecule has 1 aromatic rings. The quantitative estimate of drug-likeness (QED) is 0.869. The minimum Gasteiger partial charge on any atom is -0.335 e. The zero-order chi connectivity index (χ0) is 14.6. The molecule has 0 saturated carbocycles. The fourth-order valence-electron chi connectivity index (χ4n) is 3.13. The molecule has 0 amide bonds. The van der Waals surface area contributed by atoms with Crippen molar-refractivity contribution in [3.8, 4) is 0 Å². The second-order valence-corrected chi connectivity index (χ2v) is 6.55. The molecule has 0 bridgehead atoms. The van der Waals surface area contributed by atoms with Crippen molar-refractivity contribution in [2.45, 2.75) is 71.0 Å². The van der Waals surface area contributed by atoms with E-state index in [9.17, 15) is 0 Å². The second-order valence-electron chi connectivity index (χ2n) is 6.55. The Kier molecular flexibility index (Phi) is 5.22. The largest absolute Gasteiger partial charge is 0.335 e. The molecule has 4 nitrogen and oxygen atoms in total. The van der Waals surface area contributed by atoms with Crippen molar-refractivity contribution in [2.75, 3.05) is 13.1 Å². The topological polar surface area (TPSA) is 47.1 Å². The van der Waals surface area contributed by atoms with E-state index in [1.807, 2.05) is 6.20 Å². The first-order valence-corrected chi connectivity index (χ1v) is 8.06. The van der Waals surface area contributed by atoms with Gasteiger partial charge < -0.3 is 10.3 Å². The third-order valence-electron chi connectivity index (χ3n) is 4.75. The Balaban J connectivity index is 2.02. The molecule has 2 N–H and O–H groups in total. The lowest BCUT2D eigenvalue weighted by Gasteiger charge is -2.44. The SMILES string of the molecule is CCCn1ccnc1CC(N)C(C)(C)N1CCCCC1. The molecule has 1 aliphatic rings. The van der Waals surface area contributed by atoms with E-state index in [0.29, 0.717) is 0 Å². The number of likely N-dealkylation sites (tertiary alicyclic amines) is 1. The lowest BCUT2D eigenvalue weighted by Crippen LogP contribution is -2.58. The van der Waals surface area contributed by atoms with Crippen LogP contribution in [0, 0.1) is 0 Å². The molecule has 1 aromatic heterocycles. The number of aromatic nitrogens is 2. The van der Waals surface area contributed by atoms with Gasteiger partial charge in [-0.15, -0.1) is 0 Å². The van der Waals surface area contributed by atoms with Gasteiger partial charge >= 0.3 is 0 Å². The van der Waals surface area contributed by atoms with Crippen molar-refractivity contribution in [2.24, 2.45) is 5.73 Å². The number of rotatable bonds is 6. The normalized spacial score (nSPS) is 19.2. The van der Waals surface area contributed by atoms with Gasteiger partial charge in [-0.05, 0) is 46.2 Å². The molecule has 0 spiro atoms. The van der Waals surface area contributed by atoms with Crippen molar-refractivity contribution < 1.29 is 0 Å². The van der Waals surface area contributed by atoms with Gasteiger partial charge in [0.15, 0.2) is 0 Å². The molecule has 0 aromatic carbocycles. The van der Waals surface area contributed by atoms with Crippen LogP contribution >= 0.6 is 0 Å². The standard InChI is InChI=1S/C16H30N4/c1-4-9-19-12-8-18-15(19)13-14(17)16(2,3)20-10-6-5-7-11-20/h8,12,14H,4-7,9-11,13,17H2,1-3H3. The third-order valence-corrected chi connectivity index (χ3v) is 4.75. The molecule has 0 aliphatic carbocycles. The number of aryl methyl sites for hydroxylation is 1. The zero-order valence-electron chi connectivity index (χ0n) is 13.3. The van der Waals surface area contributed by atoms with Crippen LogP contribution < -0.4 is 5.73 Å². The first kappa shape index (κ1) is 15.5. The van der Waals surface area contributed by atoms with E-state index in [4.69, 9.17) is 5.73 Å². The predicted octanol–water partition coefficient (Wildman–Crippen LogP) is 2.43. The highest BCUT2D eigenvalue weighted by Gasteiger charge is 2.34. The van der Waals surface area contributed by atoms with Gasteiger partial charge in [0, 0.05) is 36.9 Å². The smallest absolute Gasteiger partial charge is 0.110 e. The van der Waals surface area contributed by atoms with Crippen LogP contribution in [-0.2, 0) is 13.0 Å². The summed E-state index contributed by atoms with van der Waals surface area (Å²) in [6, 6.07) is 0.124. The maximum absolute atomic E-state index is 6.54. The van der Waals surface area contributed by atoms with Gasteiger partial charge in [-0.1, -0.05) is 13.3 Å². The Morgan fingerprint density at radius 1 is 1.30 bits per heavy atom. The third kappa shape index (κ3) is 3.41. The summed E-state index contributed by atoms with van der Waals surface area (Å²) in [6.07, 6.45) is 9.93. The Hall–Kier alpha value is -0.870. The van der Waals surface area contributed by atoms with E-state index < -0.39 is 0 Å². The molecule has 1 fully saturated rings. The molecule has 1 atom stereocenters. The monoisotopic (exact) mass is 278 g/mol. The van der Waals surface area contributed by atoms with Gasteiger partial charge in [-0.3, -0.25) is 4.90 Å². The number of hydrogen-bond acceptors (Lipinski definition) is 3. The molecule has 2 heterocycles. The van der Waals surface area contributed by atoms with Crippen molar-refractivity contribution in [3.05, 3.63) is 18.2 Å². The van der Waals surface area contributed by atoms with Crippen LogP contribution in [0.15, 0.2) is 12.4 Å². The van der Waals surface area contributed by atoms with Crippen LogP contribution in [0.4, 0.5) is 0 Å². The first-order valence-electron chi connectivity index (χ1n) is 8.06. The molecule has 0 radical (unpaired) electrons. The van der Waals surface area contributed by atoms with E-state index in [2.05, 4.69) is 41.4 Å². The highest BCUT2D eigenvalue weighted by molar-refractivity contribution is 5.02. The van der Waals surface area contributed by atoms with E-state index in [-0.39, 0.29) is 11.6 Å². The molecular formula is C16H30N4. The van der Waals surface area contributed by atoms with E-state index in [0.717, 1.165) is 25.2 Å². The summed E-state index contributed by atoms with van der Waals surface area (Å²) in [5, 5.41) is 0. The fourth-order valence-corrected chi connectivity index (χ4v) is 3.13. The van der Waals surface area contributed by atoms with E-state index in [1.54, 1.807) is 0 Å². The van der Waals surface area contributed by atoms with Gasteiger partial charge in [0.2, 0.25) is 0 Å². The average Bonchev–Trinajstić information content (AvgIpc) is 2.87. The second kappa shape index (κ2) is 6.72. The minimum absolute atomic E-state index is 0.0451. The maximum atomic E-state index is 6.54. The van der Waals surface area contributed by atoms with Gasteiger partial charge in [0.25, 0.3) is 0 Å². The summed E-state index contributed by atoms with van der Waals surface area (Å²) in [5.41, 5.74) is 6.59. The number of nitrogens with two attached hydrogens (primary N) is 1. The Bertz CT molecular complexity index is 404. The highest BCUT2D eigenvalue weighted by atomic mass is 15.2. The van der Waals surface area contributed by atoms with Crippen LogP contribution in [0.3, 0.4) is 0 Å². The summed E-state index contributed by atoms with van der Waals surface area (Å²) in [5.74, 6) is 1.13. The van der Waals surface area contributed by atoms with Crippen molar-refractivity contribution in [1.29, 1.82) is 0 Å². The van der Waals surface area contributed by atoms with Crippen molar-refractivity contribution >= 4 is 0 Å². The molecular weight excluding hydrogens is 248 g/mol. The summed E-state index contributed by atoms with van der Waals surface area (Å²) < 4.78 is 2.24. The molecule has 20 heavy (non-hydrogen) atoms. The lowest BCUT2D eigenvalue weighted by atomic mass is 9.88. The Morgan fingerprint density at radius 3 is 2.65 bits per heavy atom. The first-order chi connectivity index (χ1) is 9.55. The van der Waals surface area contributed by atoms with Gasteiger partial charge in [-0.2, -0.15) is 0 Å². The summed E-state index contributed by atoms with van der Waals surface area (Å²) in [4.78, 5) is 7.06. The van der Waals surface area contributed by atoms with Crippen LogP contribution in [-0.4, -0.2) is 39.1 Å². The van der Waals surface area contributed by atoms with Crippen molar-refractivity contribution in [1.82, 2.24) is 14.5 Å². The summed E-state index contributed by atoms with van der Waals surface area (Å²) in [6.45, 7) is 10.2. The zero-order valence-corrected chi connectivity index (χ0v) is 13.3. The number of nitrogens with zero attached hydrogens (tertiary/aromatic N) is 3. The van der Waals surface area contributed by atoms with Crippen molar-refractivity contribution in [3.63, 3.8) is 0 Å². The maximum Gasteiger partial charge on any atom is 0.110 e. The number of imidazole rings is 1. The number of hydrogen-bond donors (Lipinski definition) is 1. The van der Waals surface area contributed by atoms with E-state index >= 15 is 0 Å². The lowest BCUT2D eigenvalue weighted by molar-refractivity contribution is 0.0723. The summed E-state index contributed by atoms with van der Waals surface area (Å²) in [7, 11) is 0. The number of piperidine rings is 1. The Morgan fingerprint density at radius 2 is 2.00 bits per heavy atom. The predicted molar refractivity (Wildman–Crippen MR) is 83.7 cm³/mol. The fraction of sp³-hybridized carbons (Fsp3) is 0.812. The minimum atomic E-state index is 0.0451. The van der Waals surface area contributed by atoms with Crippen LogP contribution in [0.25, 0.3) is 0 Å². The van der Waals surface area contributed by atoms with Crippen LogP contribution in [0.5, 0.6) is 0 Å². The molecule has 114 valence electrons. The van der Waals surface area contributed by atoms with Crippen LogP contribution in [0.2, 0.25) is 0 Å². The molecule has 1 unspecified atom stereocenters. The molecule has 2 rings (SSSR count). The highest BCUT2D eigenvalue weighted by Crippen LogP contribution is 2.24. The van der Waals surface area contributed by atoms with Gasteiger partial charge in [0.1, 0.15) is 5.82 Å². The molecule has 4 heteroatoms. The molecule has 1 aliphatic heterocycles. The van der Waals surface area contributed by atoms with Crippen LogP contribution in [0.1, 0.15) is 52.3 Å². The average molecular weight is 278 g/mol. The Labute approximate surface area is 123 Å². The van der Waals surface area contributed by atoms with Gasteiger partial charge in [0.05, 0.1) is 0 Å².